The summed E-state index contributed by atoms with van der Waals surface area (Å²) in [6, 6.07) is 15.0. The zero-order chi connectivity index (χ0) is 21.0. The lowest BCUT2D eigenvalue weighted by Gasteiger charge is -2.05. The number of rotatable bonds is 6. The van der Waals surface area contributed by atoms with E-state index in [0.717, 1.165) is 5.56 Å². The zero-order valence-corrected chi connectivity index (χ0v) is 16.6. The number of amides is 1. The minimum Gasteiger partial charge on any atom is -0.290 e. The van der Waals surface area contributed by atoms with Gasteiger partial charge in [0.25, 0.3) is 5.56 Å². The van der Waals surface area contributed by atoms with Crippen LogP contribution in [0.2, 0.25) is 0 Å². The number of nitrogens with one attached hydrogen (secondary N) is 2. The molecule has 0 aliphatic carbocycles. The van der Waals surface area contributed by atoms with Crippen molar-refractivity contribution in [2.45, 2.75) is 27.2 Å². The molecule has 0 radical (unpaired) electrons. The fourth-order valence-corrected chi connectivity index (χ4v) is 2.98. The third-order valence-electron chi connectivity index (χ3n) is 4.34. The van der Waals surface area contributed by atoms with Crippen LogP contribution in [-0.2, 0) is 4.79 Å². The predicted molar refractivity (Wildman–Crippen MR) is 112 cm³/mol. The number of carbonyl (C=O) groups is 1. The molecule has 7 heteroatoms. The van der Waals surface area contributed by atoms with Crippen molar-refractivity contribution in [3.63, 3.8) is 0 Å². The van der Waals surface area contributed by atoms with Crippen molar-refractivity contribution < 1.29 is 9.18 Å². The van der Waals surface area contributed by atoms with Crippen molar-refractivity contribution in [1.29, 1.82) is 0 Å². The van der Waals surface area contributed by atoms with Crippen molar-refractivity contribution in [3.8, 4) is 16.9 Å². The van der Waals surface area contributed by atoms with Gasteiger partial charge in [0.2, 0.25) is 5.91 Å². The minimum atomic E-state index is -0.387. The third kappa shape index (κ3) is 4.68. The summed E-state index contributed by atoms with van der Waals surface area (Å²) in [6.07, 6.45) is 0.343. The zero-order valence-electron chi connectivity index (χ0n) is 16.6. The number of hydrogen-bond donors (Lipinski definition) is 2. The van der Waals surface area contributed by atoms with Gasteiger partial charge in [0, 0.05) is 12.0 Å². The second-order valence-corrected chi connectivity index (χ2v) is 7.17. The van der Waals surface area contributed by atoms with Gasteiger partial charge in [-0.1, -0.05) is 44.2 Å². The highest BCUT2D eigenvalue weighted by Crippen LogP contribution is 2.21. The number of aromatic amines is 1. The number of halogens is 1. The Balaban J connectivity index is 2.08. The standard InChI is InChI=1S/C22H23FN4O2/c1-14(2)13-19(28)25-24-15(3)20-21(16-7-5-4-6-8-16)26-27(22(20)29)18-11-9-17(23)10-12-18/h4-12,14,26H,13H2,1-3H3,(H,25,28)/b24-15+. The first-order valence-corrected chi connectivity index (χ1v) is 9.36. The average Bonchev–Trinajstić information content (AvgIpc) is 3.04. The summed E-state index contributed by atoms with van der Waals surface area (Å²) in [4.78, 5) is 25.1. The Hall–Kier alpha value is -3.48. The molecule has 0 unspecified atom stereocenters. The van der Waals surface area contributed by atoms with Crippen LogP contribution in [0.4, 0.5) is 4.39 Å². The second-order valence-electron chi connectivity index (χ2n) is 7.17. The van der Waals surface area contributed by atoms with Crippen LogP contribution in [-0.4, -0.2) is 21.4 Å². The highest BCUT2D eigenvalue weighted by molar-refractivity contribution is 6.04. The molecule has 0 saturated carbocycles. The minimum absolute atomic E-state index is 0.202. The van der Waals surface area contributed by atoms with Gasteiger partial charge in [-0.25, -0.2) is 14.5 Å². The largest absolute Gasteiger partial charge is 0.290 e. The molecule has 150 valence electrons. The molecular weight excluding hydrogens is 371 g/mol. The van der Waals surface area contributed by atoms with E-state index < -0.39 is 0 Å². The lowest BCUT2D eigenvalue weighted by molar-refractivity contribution is -0.121. The van der Waals surface area contributed by atoms with Gasteiger partial charge in [-0.05, 0) is 37.1 Å². The van der Waals surface area contributed by atoms with E-state index in [9.17, 15) is 14.0 Å². The topological polar surface area (TPSA) is 79.2 Å². The molecule has 0 saturated heterocycles. The maximum atomic E-state index is 13.3. The van der Waals surface area contributed by atoms with Gasteiger partial charge in [-0.2, -0.15) is 5.10 Å². The smallest absolute Gasteiger partial charge is 0.281 e. The van der Waals surface area contributed by atoms with Crippen molar-refractivity contribution in [2.75, 3.05) is 0 Å². The van der Waals surface area contributed by atoms with E-state index in [-0.39, 0.29) is 23.2 Å². The summed E-state index contributed by atoms with van der Waals surface area (Å²) in [6.45, 7) is 5.55. The third-order valence-corrected chi connectivity index (χ3v) is 4.34. The molecule has 3 aromatic rings. The van der Waals surface area contributed by atoms with E-state index in [1.165, 1.54) is 28.9 Å². The normalized spacial score (nSPS) is 11.7. The molecule has 2 N–H and O–H groups in total. The lowest BCUT2D eigenvalue weighted by Crippen LogP contribution is -2.24. The SMILES string of the molecule is C/C(=N\NC(=O)CC(C)C)c1c(-c2ccccc2)[nH]n(-c2ccc(F)cc2)c1=O. The molecule has 1 amide bonds. The summed E-state index contributed by atoms with van der Waals surface area (Å²) >= 11 is 0. The van der Waals surface area contributed by atoms with E-state index in [1.54, 1.807) is 6.92 Å². The number of carbonyl (C=O) groups excluding carboxylic acids is 1. The summed E-state index contributed by atoms with van der Waals surface area (Å²) in [5, 5.41) is 7.23. The van der Waals surface area contributed by atoms with E-state index in [1.807, 2.05) is 44.2 Å². The summed E-state index contributed by atoms with van der Waals surface area (Å²) in [5.74, 6) is -0.397. The maximum absolute atomic E-state index is 13.3. The summed E-state index contributed by atoms with van der Waals surface area (Å²) < 4.78 is 14.6. The second kappa shape index (κ2) is 8.68. The average molecular weight is 394 g/mol. The monoisotopic (exact) mass is 394 g/mol. The number of hydrazone groups is 1. The van der Waals surface area contributed by atoms with Crippen LogP contribution in [0.5, 0.6) is 0 Å². The molecule has 29 heavy (non-hydrogen) atoms. The quantitative estimate of drug-likeness (QED) is 0.492. The summed E-state index contributed by atoms with van der Waals surface area (Å²) in [7, 11) is 0. The molecule has 3 rings (SSSR count). The fraction of sp³-hybridized carbons (Fsp3) is 0.227. The first-order valence-electron chi connectivity index (χ1n) is 9.36. The molecule has 0 aliphatic heterocycles. The van der Waals surface area contributed by atoms with Gasteiger partial charge in [0.05, 0.1) is 22.7 Å². The molecule has 0 spiro atoms. The first kappa shape index (κ1) is 20.3. The van der Waals surface area contributed by atoms with Crippen molar-refractivity contribution in [1.82, 2.24) is 15.2 Å². The molecule has 2 aromatic carbocycles. The van der Waals surface area contributed by atoms with Crippen molar-refractivity contribution >= 4 is 11.6 Å². The van der Waals surface area contributed by atoms with Gasteiger partial charge in [0.1, 0.15) is 5.82 Å². The van der Waals surface area contributed by atoms with Crippen LogP contribution in [0.15, 0.2) is 64.5 Å². The van der Waals surface area contributed by atoms with Gasteiger partial charge in [-0.3, -0.25) is 14.7 Å². The van der Waals surface area contributed by atoms with Crippen LogP contribution >= 0.6 is 0 Å². The Morgan fingerprint density at radius 2 is 1.79 bits per heavy atom. The van der Waals surface area contributed by atoms with E-state index >= 15 is 0 Å². The van der Waals surface area contributed by atoms with Crippen LogP contribution in [0.1, 0.15) is 32.8 Å². The van der Waals surface area contributed by atoms with Crippen LogP contribution in [0.25, 0.3) is 16.9 Å². The Labute approximate surface area is 168 Å². The molecule has 0 atom stereocenters. The van der Waals surface area contributed by atoms with Crippen molar-refractivity contribution in [2.24, 2.45) is 11.0 Å². The van der Waals surface area contributed by atoms with Crippen LogP contribution in [0.3, 0.4) is 0 Å². The van der Waals surface area contributed by atoms with E-state index in [2.05, 4.69) is 15.6 Å². The molecule has 1 aromatic heterocycles. The Morgan fingerprint density at radius 1 is 1.14 bits per heavy atom. The molecule has 6 nitrogen and oxygen atoms in total. The molecule has 0 bridgehead atoms. The first-order chi connectivity index (χ1) is 13.9. The van der Waals surface area contributed by atoms with Crippen LogP contribution in [0, 0.1) is 11.7 Å². The Kier molecular flexibility index (Phi) is 6.07. The maximum Gasteiger partial charge on any atom is 0.281 e. The molecule has 0 fully saturated rings. The van der Waals surface area contributed by atoms with Crippen LogP contribution < -0.4 is 11.0 Å². The molecule has 1 heterocycles. The lowest BCUT2D eigenvalue weighted by atomic mass is 10.1. The van der Waals surface area contributed by atoms with E-state index in [4.69, 9.17) is 0 Å². The van der Waals surface area contributed by atoms with Gasteiger partial charge in [-0.15, -0.1) is 0 Å². The predicted octanol–water partition coefficient (Wildman–Crippen LogP) is 3.86. The number of H-pyrrole nitrogens is 1. The van der Waals surface area contributed by atoms with Gasteiger partial charge < -0.3 is 0 Å². The Bertz CT molecular complexity index is 1080. The van der Waals surface area contributed by atoms with Gasteiger partial charge in [0.15, 0.2) is 0 Å². The fourth-order valence-electron chi connectivity index (χ4n) is 2.98. The molecular formula is C22H23FN4O2. The highest BCUT2D eigenvalue weighted by Gasteiger charge is 2.19. The number of nitrogens with zero attached hydrogens (tertiary/aromatic N) is 2. The number of hydrogen-bond acceptors (Lipinski definition) is 3. The molecule has 0 aliphatic rings. The summed E-state index contributed by atoms with van der Waals surface area (Å²) in [5.41, 5.74) is 4.75. The number of benzene rings is 2. The van der Waals surface area contributed by atoms with E-state index in [0.29, 0.717) is 29.1 Å². The number of aromatic nitrogens is 2. The van der Waals surface area contributed by atoms with Gasteiger partial charge >= 0.3 is 0 Å². The van der Waals surface area contributed by atoms with Crippen molar-refractivity contribution in [3.05, 3.63) is 76.3 Å². The Morgan fingerprint density at radius 3 is 2.41 bits per heavy atom. The highest BCUT2D eigenvalue weighted by atomic mass is 19.1.